The van der Waals surface area contributed by atoms with Crippen LogP contribution in [-0.2, 0) is 4.79 Å². The Morgan fingerprint density at radius 2 is 2.05 bits per heavy atom. The number of hydrogen-bond donors (Lipinski definition) is 2. The molecule has 1 aliphatic rings. The summed E-state index contributed by atoms with van der Waals surface area (Å²) >= 11 is 5.84. The van der Waals surface area contributed by atoms with Crippen LogP contribution in [0, 0.1) is 5.41 Å². The average molecular weight is 308 g/mol. The summed E-state index contributed by atoms with van der Waals surface area (Å²) in [6.45, 7) is 2.65. The first-order chi connectivity index (χ1) is 10.0. The molecule has 1 aromatic rings. The van der Waals surface area contributed by atoms with Crippen LogP contribution in [0.1, 0.15) is 38.2 Å². The zero-order chi connectivity index (χ0) is 15.3. The van der Waals surface area contributed by atoms with Crippen molar-refractivity contribution in [2.75, 3.05) is 13.2 Å². The van der Waals surface area contributed by atoms with Crippen molar-refractivity contribution in [3.05, 3.63) is 40.4 Å². The van der Waals surface area contributed by atoms with Crippen LogP contribution in [0.25, 0.3) is 6.08 Å². The van der Waals surface area contributed by atoms with Crippen molar-refractivity contribution < 1.29 is 9.90 Å². The van der Waals surface area contributed by atoms with Crippen molar-refractivity contribution in [1.82, 2.24) is 5.32 Å². The summed E-state index contributed by atoms with van der Waals surface area (Å²) in [4.78, 5) is 12.1. The van der Waals surface area contributed by atoms with Crippen molar-refractivity contribution in [3.8, 4) is 0 Å². The van der Waals surface area contributed by atoms with E-state index in [1.54, 1.807) is 0 Å². The van der Waals surface area contributed by atoms with Crippen LogP contribution in [-0.4, -0.2) is 24.2 Å². The second-order valence-electron chi connectivity index (χ2n) is 5.89. The molecule has 0 bridgehead atoms. The van der Waals surface area contributed by atoms with Crippen molar-refractivity contribution in [1.29, 1.82) is 0 Å². The summed E-state index contributed by atoms with van der Waals surface area (Å²) in [5, 5.41) is 12.8. The van der Waals surface area contributed by atoms with Crippen LogP contribution < -0.4 is 5.32 Å². The van der Waals surface area contributed by atoms with Gasteiger partial charge in [-0.1, -0.05) is 30.2 Å². The minimum atomic E-state index is -0.0471. The van der Waals surface area contributed by atoms with E-state index in [4.69, 9.17) is 16.7 Å². The predicted molar refractivity (Wildman–Crippen MR) is 86.1 cm³/mol. The first kappa shape index (κ1) is 16.1. The highest BCUT2D eigenvalue weighted by Gasteiger charge is 2.36. The molecule has 21 heavy (non-hydrogen) atoms. The van der Waals surface area contributed by atoms with Gasteiger partial charge in [-0.15, -0.1) is 0 Å². The van der Waals surface area contributed by atoms with Crippen LogP contribution in [0.2, 0.25) is 5.02 Å². The molecular weight excluding hydrogens is 286 g/mol. The number of aliphatic hydroxyl groups is 1. The molecule has 0 saturated heterocycles. The molecule has 1 aliphatic carbocycles. The third kappa shape index (κ3) is 4.32. The minimum Gasteiger partial charge on any atom is -0.396 e. The van der Waals surface area contributed by atoms with Gasteiger partial charge < -0.3 is 10.4 Å². The van der Waals surface area contributed by atoms with Crippen molar-refractivity contribution >= 4 is 23.6 Å². The molecule has 0 heterocycles. The highest BCUT2D eigenvalue weighted by atomic mass is 35.5. The van der Waals surface area contributed by atoms with E-state index in [2.05, 4.69) is 5.32 Å². The standard InChI is InChI=1S/C17H22ClNO2/c1-13(11-14-3-5-15(18)6-4-14)16(21)19-12-17(9-10-20)7-2-8-17/h3-6,11,20H,2,7-10,12H2,1H3,(H,19,21)/b13-11-. The van der Waals surface area contributed by atoms with E-state index in [0.29, 0.717) is 17.1 Å². The highest BCUT2D eigenvalue weighted by molar-refractivity contribution is 6.30. The third-order valence-corrected chi connectivity index (χ3v) is 4.54. The van der Waals surface area contributed by atoms with Gasteiger partial charge in [0.2, 0.25) is 5.91 Å². The summed E-state index contributed by atoms with van der Waals surface area (Å²) in [5.74, 6) is -0.0471. The number of benzene rings is 1. The maximum absolute atomic E-state index is 12.1. The molecule has 0 atom stereocenters. The molecule has 0 aromatic heterocycles. The van der Waals surface area contributed by atoms with Crippen molar-refractivity contribution in [2.45, 2.75) is 32.6 Å². The number of halogens is 1. The Morgan fingerprint density at radius 1 is 1.38 bits per heavy atom. The molecule has 2 rings (SSSR count). The molecule has 114 valence electrons. The van der Waals surface area contributed by atoms with Crippen molar-refractivity contribution in [3.63, 3.8) is 0 Å². The Hall–Kier alpha value is -1.32. The van der Waals surface area contributed by atoms with E-state index in [1.807, 2.05) is 37.3 Å². The van der Waals surface area contributed by atoms with E-state index >= 15 is 0 Å². The lowest BCUT2D eigenvalue weighted by Gasteiger charge is -2.41. The van der Waals surface area contributed by atoms with Gasteiger partial charge in [0, 0.05) is 23.7 Å². The van der Waals surface area contributed by atoms with E-state index in [1.165, 1.54) is 6.42 Å². The molecular formula is C17H22ClNO2. The molecule has 0 spiro atoms. The number of rotatable bonds is 6. The monoisotopic (exact) mass is 307 g/mol. The fourth-order valence-corrected chi connectivity index (χ4v) is 2.84. The van der Waals surface area contributed by atoms with Gasteiger partial charge in [-0.3, -0.25) is 4.79 Å². The number of hydrogen-bond acceptors (Lipinski definition) is 2. The lowest BCUT2D eigenvalue weighted by Crippen LogP contribution is -2.42. The van der Waals surface area contributed by atoms with Gasteiger partial charge >= 0.3 is 0 Å². The van der Waals surface area contributed by atoms with E-state index < -0.39 is 0 Å². The van der Waals surface area contributed by atoms with Crippen molar-refractivity contribution in [2.24, 2.45) is 5.41 Å². The molecule has 0 radical (unpaired) electrons. The normalized spacial score (nSPS) is 17.2. The second-order valence-corrected chi connectivity index (χ2v) is 6.33. The Bertz CT molecular complexity index is 518. The summed E-state index contributed by atoms with van der Waals surface area (Å²) in [7, 11) is 0. The number of carbonyl (C=O) groups is 1. The summed E-state index contributed by atoms with van der Waals surface area (Å²) in [5.41, 5.74) is 1.75. The van der Waals surface area contributed by atoms with Crippen LogP contribution in [0.15, 0.2) is 29.8 Å². The Morgan fingerprint density at radius 3 is 2.57 bits per heavy atom. The number of amides is 1. The smallest absolute Gasteiger partial charge is 0.246 e. The van der Waals surface area contributed by atoms with Crippen LogP contribution in [0.4, 0.5) is 0 Å². The Labute approximate surface area is 131 Å². The number of nitrogens with one attached hydrogen (secondary N) is 1. The first-order valence-corrected chi connectivity index (χ1v) is 7.75. The fourth-order valence-electron chi connectivity index (χ4n) is 2.71. The van der Waals surface area contributed by atoms with E-state index in [9.17, 15) is 4.79 Å². The lowest BCUT2D eigenvalue weighted by molar-refractivity contribution is -0.118. The largest absolute Gasteiger partial charge is 0.396 e. The topological polar surface area (TPSA) is 49.3 Å². The maximum Gasteiger partial charge on any atom is 0.246 e. The lowest BCUT2D eigenvalue weighted by atomic mass is 9.67. The maximum atomic E-state index is 12.1. The van der Waals surface area contributed by atoms with E-state index in [-0.39, 0.29) is 17.9 Å². The van der Waals surface area contributed by atoms with Gasteiger partial charge in [-0.25, -0.2) is 0 Å². The van der Waals surface area contributed by atoms with Gasteiger partial charge in [0.05, 0.1) is 0 Å². The number of aliphatic hydroxyl groups excluding tert-OH is 1. The van der Waals surface area contributed by atoms with Gasteiger partial charge in [-0.2, -0.15) is 0 Å². The predicted octanol–water partition coefficient (Wildman–Crippen LogP) is 3.41. The molecule has 2 N–H and O–H groups in total. The van der Waals surface area contributed by atoms with Crippen LogP contribution >= 0.6 is 11.6 Å². The Kier molecular flexibility index (Phi) is 5.43. The summed E-state index contributed by atoms with van der Waals surface area (Å²) in [6, 6.07) is 7.39. The molecule has 1 saturated carbocycles. The zero-order valence-corrected chi connectivity index (χ0v) is 13.1. The third-order valence-electron chi connectivity index (χ3n) is 4.29. The van der Waals surface area contributed by atoms with Crippen LogP contribution in [0.3, 0.4) is 0 Å². The van der Waals surface area contributed by atoms with E-state index in [0.717, 1.165) is 24.8 Å². The first-order valence-electron chi connectivity index (χ1n) is 7.38. The average Bonchev–Trinajstić information content (AvgIpc) is 2.43. The van der Waals surface area contributed by atoms with Gasteiger partial charge in [-0.05, 0) is 55.4 Å². The highest BCUT2D eigenvalue weighted by Crippen LogP contribution is 2.43. The minimum absolute atomic E-state index is 0.0471. The molecule has 4 heteroatoms. The quantitative estimate of drug-likeness (QED) is 0.791. The van der Waals surface area contributed by atoms with Crippen LogP contribution in [0.5, 0.6) is 0 Å². The zero-order valence-electron chi connectivity index (χ0n) is 12.4. The molecule has 1 aromatic carbocycles. The molecule has 0 aliphatic heterocycles. The fraction of sp³-hybridized carbons (Fsp3) is 0.471. The molecule has 0 unspecified atom stereocenters. The summed E-state index contributed by atoms with van der Waals surface area (Å²) < 4.78 is 0. The van der Waals surface area contributed by atoms with Gasteiger partial charge in [0.1, 0.15) is 0 Å². The molecule has 1 fully saturated rings. The molecule has 3 nitrogen and oxygen atoms in total. The summed E-state index contributed by atoms with van der Waals surface area (Å²) in [6.07, 6.45) is 6.00. The second kappa shape index (κ2) is 7.10. The van der Waals surface area contributed by atoms with Gasteiger partial charge in [0.25, 0.3) is 0 Å². The van der Waals surface area contributed by atoms with Gasteiger partial charge in [0.15, 0.2) is 0 Å². The SMILES string of the molecule is C/C(=C/c1ccc(Cl)cc1)C(=O)NCC1(CCO)CCC1. The number of carbonyl (C=O) groups excluding carboxylic acids is 1. The molecule has 1 amide bonds. The Balaban J connectivity index is 1.91.